The Morgan fingerprint density at radius 3 is 2.55 bits per heavy atom. The van der Waals surface area contributed by atoms with Gasteiger partial charge in [0.15, 0.2) is 0 Å². The highest BCUT2D eigenvalue weighted by Gasteiger charge is 2.45. The van der Waals surface area contributed by atoms with Crippen molar-refractivity contribution in [3.05, 3.63) is 51.1 Å². The molecule has 31 heavy (non-hydrogen) atoms. The number of benzene rings is 1. The van der Waals surface area contributed by atoms with Crippen LogP contribution in [0.3, 0.4) is 0 Å². The van der Waals surface area contributed by atoms with E-state index in [1.54, 1.807) is 0 Å². The first-order valence-corrected chi connectivity index (χ1v) is 11.3. The fourth-order valence-electron chi connectivity index (χ4n) is 4.46. The van der Waals surface area contributed by atoms with Gasteiger partial charge in [0.25, 0.3) is 0 Å². The van der Waals surface area contributed by atoms with Crippen LogP contribution in [0.15, 0.2) is 29.4 Å². The highest BCUT2D eigenvalue weighted by atomic mass is 35.5. The zero-order valence-corrected chi connectivity index (χ0v) is 18.7. The number of aliphatic hydroxyl groups is 4. The van der Waals surface area contributed by atoms with Gasteiger partial charge in [0, 0.05) is 12.0 Å². The number of aliphatic hydroxyl groups excluding tert-OH is 4. The van der Waals surface area contributed by atoms with Gasteiger partial charge >= 0.3 is 0 Å². The largest absolute Gasteiger partial charge is 0.491 e. The number of hydrogen-bond acceptors (Lipinski definition) is 6. The SMILES string of the molecule is C/C(=C\C=C(/C)C1CC1)Cc1cc(C2O[C@H](CO)[C@@H](O)[C@H](O)[C@H]2O)c2c(c1Cl)OCC2. The van der Waals surface area contributed by atoms with E-state index in [9.17, 15) is 20.4 Å². The number of hydrogen-bond donors (Lipinski definition) is 4. The molecule has 0 radical (unpaired) electrons. The van der Waals surface area contributed by atoms with Crippen molar-refractivity contribution in [2.75, 3.05) is 13.2 Å². The maximum Gasteiger partial charge on any atom is 0.141 e. The van der Waals surface area contributed by atoms with E-state index in [4.69, 9.17) is 21.1 Å². The number of fused-ring (bicyclic) bond motifs is 1. The van der Waals surface area contributed by atoms with Gasteiger partial charge in [-0.15, -0.1) is 0 Å². The summed E-state index contributed by atoms with van der Waals surface area (Å²) < 4.78 is 11.6. The molecule has 2 aliphatic heterocycles. The Bertz CT molecular complexity index is 889. The quantitative estimate of drug-likeness (QED) is 0.497. The lowest BCUT2D eigenvalue weighted by Gasteiger charge is -2.40. The van der Waals surface area contributed by atoms with Gasteiger partial charge in [-0.2, -0.15) is 0 Å². The van der Waals surface area contributed by atoms with Crippen LogP contribution in [-0.2, 0) is 17.6 Å². The standard InChI is InChI=1S/C24H31ClO6/c1-12(3-4-13(2)14-5-6-14)9-15-10-17(16-7-8-30-23(16)19(15)25)24-22(29)21(28)20(27)18(11-26)31-24/h3-4,10,14,18,20-22,24,26-29H,5-9,11H2,1-2H3/b12-3+,13-4+/t18-,20-,21+,22-,24?/m1/s1. The third-order valence-electron chi connectivity index (χ3n) is 6.55. The van der Waals surface area contributed by atoms with E-state index in [-0.39, 0.29) is 0 Å². The molecule has 7 heteroatoms. The second kappa shape index (κ2) is 9.22. The lowest BCUT2D eigenvalue weighted by Crippen LogP contribution is -2.55. The van der Waals surface area contributed by atoms with Crippen LogP contribution in [0, 0.1) is 5.92 Å². The Hall–Kier alpha value is -1.41. The molecule has 1 aliphatic carbocycles. The molecule has 0 spiro atoms. The maximum absolute atomic E-state index is 10.6. The highest BCUT2D eigenvalue weighted by molar-refractivity contribution is 6.33. The predicted molar refractivity (Wildman–Crippen MR) is 117 cm³/mol. The van der Waals surface area contributed by atoms with Crippen LogP contribution in [0.2, 0.25) is 5.02 Å². The lowest BCUT2D eigenvalue weighted by atomic mass is 9.87. The predicted octanol–water partition coefficient (Wildman–Crippen LogP) is 2.63. The summed E-state index contributed by atoms with van der Waals surface area (Å²) in [5, 5.41) is 41.1. The van der Waals surface area contributed by atoms with E-state index in [0.717, 1.165) is 22.6 Å². The van der Waals surface area contributed by atoms with Gasteiger partial charge in [0.2, 0.25) is 0 Å². The normalized spacial score (nSPS) is 31.5. The average molecular weight is 451 g/mol. The van der Waals surface area contributed by atoms with E-state index in [0.29, 0.717) is 35.8 Å². The minimum atomic E-state index is -1.43. The van der Waals surface area contributed by atoms with E-state index in [1.807, 2.05) is 6.07 Å². The fraction of sp³-hybridized carbons (Fsp3) is 0.583. The molecule has 0 amide bonds. The van der Waals surface area contributed by atoms with Crippen molar-refractivity contribution in [1.29, 1.82) is 0 Å². The summed E-state index contributed by atoms with van der Waals surface area (Å²) in [6, 6.07) is 1.90. The molecule has 4 N–H and O–H groups in total. The highest BCUT2D eigenvalue weighted by Crippen LogP contribution is 2.44. The molecule has 6 nitrogen and oxygen atoms in total. The monoisotopic (exact) mass is 450 g/mol. The lowest BCUT2D eigenvalue weighted by molar-refractivity contribution is -0.231. The molecule has 0 bridgehead atoms. The van der Waals surface area contributed by atoms with Gasteiger partial charge < -0.3 is 29.9 Å². The molecule has 4 rings (SSSR count). The molecule has 2 heterocycles. The average Bonchev–Trinajstić information content (AvgIpc) is 3.49. The van der Waals surface area contributed by atoms with Crippen LogP contribution in [0.5, 0.6) is 5.75 Å². The summed E-state index contributed by atoms with van der Waals surface area (Å²) in [6.45, 7) is 4.22. The van der Waals surface area contributed by atoms with Crippen molar-refractivity contribution in [2.24, 2.45) is 5.92 Å². The van der Waals surface area contributed by atoms with Crippen molar-refractivity contribution in [3.8, 4) is 5.75 Å². The van der Waals surface area contributed by atoms with E-state index in [2.05, 4.69) is 26.0 Å². The van der Waals surface area contributed by atoms with Crippen molar-refractivity contribution in [2.45, 2.75) is 70.1 Å². The molecule has 0 aromatic heterocycles. The van der Waals surface area contributed by atoms with Gasteiger partial charge in [-0.25, -0.2) is 0 Å². The summed E-state index contributed by atoms with van der Waals surface area (Å²) in [6.07, 6.45) is 2.03. The molecule has 1 aromatic carbocycles. The van der Waals surface area contributed by atoms with Crippen molar-refractivity contribution >= 4 is 11.6 Å². The van der Waals surface area contributed by atoms with Crippen LogP contribution < -0.4 is 4.74 Å². The van der Waals surface area contributed by atoms with Gasteiger partial charge in [-0.05, 0) is 50.2 Å². The van der Waals surface area contributed by atoms with Crippen molar-refractivity contribution < 1.29 is 29.9 Å². The molecule has 170 valence electrons. The first-order valence-electron chi connectivity index (χ1n) is 10.9. The van der Waals surface area contributed by atoms with E-state index >= 15 is 0 Å². The Morgan fingerprint density at radius 1 is 1.13 bits per heavy atom. The molecule has 3 aliphatic rings. The van der Waals surface area contributed by atoms with Crippen LogP contribution in [0.1, 0.15) is 49.5 Å². The summed E-state index contributed by atoms with van der Waals surface area (Å²) in [4.78, 5) is 0. The smallest absolute Gasteiger partial charge is 0.141 e. The summed E-state index contributed by atoms with van der Waals surface area (Å²) >= 11 is 6.68. The molecular formula is C24H31ClO6. The first kappa shape index (κ1) is 22.8. The fourth-order valence-corrected chi connectivity index (χ4v) is 4.75. The second-order valence-electron chi connectivity index (χ2n) is 8.97. The summed E-state index contributed by atoms with van der Waals surface area (Å²) in [5.74, 6) is 1.31. The number of halogens is 1. The minimum absolute atomic E-state index is 0.463. The van der Waals surface area contributed by atoms with Gasteiger partial charge in [0.1, 0.15) is 36.3 Å². The molecule has 5 atom stereocenters. The Morgan fingerprint density at radius 2 is 1.87 bits per heavy atom. The molecule has 1 saturated carbocycles. The van der Waals surface area contributed by atoms with Crippen molar-refractivity contribution in [1.82, 2.24) is 0 Å². The zero-order chi connectivity index (χ0) is 22.3. The molecule has 2 fully saturated rings. The van der Waals surface area contributed by atoms with Gasteiger partial charge in [-0.1, -0.05) is 41.0 Å². The number of ether oxygens (including phenoxy) is 2. The molecular weight excluding hydrogens is 420 g/mol. The maximum atomic E-state index is 10.6. The zero-order valence-electron chi connectivity index (χ0n) is 17.9. The number of allylic oxidation sites excluding steroid dienone is 4. The van der Waals surface area contributed by atoms with E-state index < -0.39 is 37.1 Å². The second-order valence-corrected chi connectivity index (χ2v) is 9.35. The Balaban J connectivity index is 1.66. The van der Waals surface area contributed by atoms with Crippen LogP contribution >= 0.6 is 11.6 Å². The molecule has 1 aromatic rings. The van der Waals surface area contributed by atoms with Gasteiger partial charge in [0.05, 0.1) is 18.2 Å². The third kappa shape index (κ3) is 4.56. The van der Waals surface area contributed by atoms with Crippen molar-refractivity contribution in [3.63, 3.8) is 0 Å². The minimum Gasteiger partial charge on any atom is -0.491 e. The van der Waals surface area contributed by atoms with Crippen LogP contribution in [0.4, 0.5) is 0 Å². The Labute approximate surface area is 187 Å². The number of rotatable bonds is 6. The van der Waals surface area contributed by atoms with Gasteiger partial charge in [-0.3, -0.25) is 0 Å². The molecule has 1 unspecified atom stereocenters. The first-order chi connectivity index (χ1) is 14.8. The third-order valence-corrected chi connectivity index (χ3v) is 6.97. The summed E-state index contributed by atoms with van der Waals surface area (Å²) in [7, 11) is 0. The topological polar surface area (TPSA) is 99.4 Å². The molecule has 1 saturated heterocycles. The van der Waals surface area contributed by atoms with Crippen LogP contribution in [0.25, 0.3) is 0 Å². The van der Waals surface area contributed by atoms with E-state index in [1.165, 1.54) is 18.4 Å². The van der Waals surface area contributed by atoms with Crippen LogP contribution in [-0.4, -0.2) is 58.1 Å². The Kier molecular flexibility index (Phi) is 6.77. The summed E-state index contributed by atoms with van der Waals surface area (Å²) in [5.41, 5.74) is 4.90.